The molecule has 3 nitrogen and oxygen atoms in total. The van der Waals surface area contributed by atoms with Crippen molar-refractivity contribution in [2.24, 2.45) is 0 Å². The van der Waals surface area contributed by atoms with E-state index in [4.69, 9.17) is 4.42 Å². The molecule has 0 amide bonds. The predicted molar refractivity (Wildman–Crippen MR) is 223 cm³/mol. The number of furan rings is 1. The van der Waals surface area contributed by atoms with Gasteiger partial charge < -0.3 is 13.9 Å². The summed E-state index contributed by atoms with van der Waals surface area (Å²) in [6.07, 6.45) is 0. The normalized spacial score (nSPS) is 11.8. The largest absolute Gasteiger partial charge is 0.456 e. The Bertz CT molecular complexity index is 3130. The van der Waals surface area contributed by atoms with E-state index in [-0.39, 0.29) is 0 Å². The van der Waals surface area contributed by atoms with Gasteiger partial charge in [0.1, 0.15) is 11.2 Å². The molecule has 0 spiro atoms. The molecule has 0 aliphatic rings. The maximum Gasteiger partial charge on any atom is 0.136 e. The summed E-state index contributed by atoms with van der Waals surface area (Å²) in [4.78, 5) is 2.42. The molecule has 0 N–H and O–H groups in total. The first-order valence-electron chi connectivity index (χ1n) is 18.1. The summed E-state index contributed by atoms with van der Waals surface area (Å²) in [6, 6.07) is 69.8. The number of rotatable bonds is 5. The van der Waals surface area contributed by atoms with Crippen molar-refractivity contribution in [1.29, 1.82) is 0 Å². The fourth-order valence-corrected chi connectivity index (χ4v) is 8.31. The molecule has 0 bridgehead atoms. The van der Waals surface area contributed by atoms with Crippen LogP contribution in [0.5, 0.6) is 0 Å². The average molecular weight is 677 g/mol. The third-order valence-corrected chi connectivity index (χ3v) is 10.7. The van der Waals surface area contributed by atoms with Gasteiger partial charge in [0.15, 0.2) is 0 Å². The van der Waals surface area contributed by atoms with E-state index in [1.54, 1.807) is 0 Å². The van der Waals surface area contributed by atoms with Crippen molar-refractivity contribution >= 4 is 82.4 Å². The Kier molecular flexibility index (Phi) is 6.55. The lowest BCUT2D eigenvalue weighted by Gasteiger charge is -2.29. The van der Waals surface area contributed by atoms with E-state index in [1.165, 1.54) is 43.4 Å². The van der Waals surface area contributed by atoms with E-state index in [1.807, 2.05) is 0 Å². The molecule has 0 saturated heterocycles. The minimum atomic E-state index is 0.892. The number of benzene rings is 9. The van der Waals surface area contributed by atoms with E-state index < -0.39 is 0 Å². The van der Waals surface area contributed by atoms with Crippen LogP contribution in [0.1, 0.15) is 0 Å². The number of aromatic nitrogens is 1. The second-order valence-corrected chi connectivity index (χ2v) is 13.7. The highest BCUT2D eigenvalue weighted by Crippen LogP contribution is 2.45. The number of anilines is 3. The fraction of sp³-hybridized carbons (Fsp3) is 0. The number of nitrogens with zero attached hydrogens (tertiary/aromatic N) is 2. The molecule has 248 valence electrons. The molecule has 2 heterocycles. The van der Waals surface area contributed by atoms with Gasteiger partial charge in [0, 0.05) is 43.9 Å². The summed E-state index contributed by atoms with van der Waals surface area (Å²) in [5.41, 5.74) is 10.9. The van der Waals surface area contributed by atoms with Crippen molar-refractivity contribution in [2.45, 2.75) is 0 Å². The SMILES string of the molecule is c1ccc(N(c2ccc(-n3c4ccccc4c4ccccc43)cc2)c2cccc3ccccc23)c(-c2ccc3oc4cc5ccccc5cc4c3c2)c1. The van der Waals surface area contributed by atoms with Crippen LogP contribution in [0.3, 0.4) is 0 Å². The summed E-state index contributed by atoms with van der Waals surface area (Å²) >= 11 is 0. The highest BCUT2D eigenvalue weighted by atomic mass is 16.3. The molecule has 0 aliphatic heterocycles. The zero-order valence-corrected chi connectivity index (χ0v) is 28.8. The standard InChI is InChI=1S/C50H32N2O/c1-2-14-35-32-50-44(30-34(35)13-1)43-31-36(24-29-49(43)53-50)40-17-5-8-20-45(40)51(46-23-11-15-33-12-3-4-16-39(33)46)37-25-27-38(28-26-37)52-47-21-9-6-18-41(47)42-19-7-10-22-48(42)52/h1-32H. The highest BCUT2D eigenvalue weighted by molar-refractivity contribution is 6.12. The van der Waals surface area contributed by atoms with Gasteiger partial charge in [-0.1, -0.05) is 121 Å². The maximum absolute atomic E-state index is 6.40. The highest BCUT2D eigenvalue weighted by Gasteiger charge is 2.21. The van der Waals surface area contributed by atoms with Gasteiger partial charge >= 0.3 is 0 Å². The van der Waals surface area contributed by atoms with Gasteiger partial charge in [-0.15, -0.1) is 0 Å². The van der Waals surface area contributed by atoms with Crippen LogP contribution >= 0.6 is 0 Å². The van der Waals surface area contributed by atoms with Crippen molar-refractivity contribution in [3.8, 4) is 16.8 Å². The number of hydrogen-bond donors (Lipinski definition) is 0. The number of para-hydroxylation sites is 3. The zero-order chi connectivity index (χ0) is 34.9. The summed E-state index contributed by atoms with van der Waals surface area (Å²) < 4.78 is 8.77. The molecule has 0 radical (unpaired) electrons. The Morgan fingerprint density at radius 3 is 1.74 bits per heavy atom. The Morgan fingerprint density at radius 1 is 0.377 bits per heavy atom. The molecule has 0 saturated carbocycles. The van der Waals surface area contributed by atoms with Crippen molar-refractivity contribution in [1.82, 2.24) is 4.57 Å². The van der Waals surface area contributed by atoms with Gasteiger partial charge in [0.2, 0.25) is 0 Å². The van der Waals surface area contributed by atoms with Crippen LogP contribution in [-0.2, 0) is 0 Å². The summed E-state index contributed by atoms with van der Waals surface area (Å²) in [5, 5.41) is 9.55. The average Bonchev–Trinajstić information content (AvgIpc) is 3.75. The monoisotopic (exact) mass is 676 g/mol. The van der Waals surface area contributed by atoms with Crippen LogP contribution in [0.15, 0.2) is 199 Å². The van der Waals surface area contributed by atoms with Gasteiger partial charge in [-0.3, -0.25) is 0 Å². The third kappa shape index (κ3) is 4.68. The van der Waals surface area contributed by atoms with E-state index in [2.05, 4.69) is 204 Å². The molecule has 9 aromatic carbocycles. The maximum atomic E-state index is 6.40. The van der Waals surface area contributed by atoms with Gasteiger partial charge in [0.25, 0.3) is 0 Å². The Balaban J connectivity index is 1.11. The first kappa shape index (κ1) is 29.6. The lowest BCUT2D eigenvalue weighted by atomic mass is 9.98. The molecule has 0 unspecified atom stereocenters. The molecule has 0 atom stereocenters. The zero-order valence-electron chi connectivity index (χ0n) is 28.8. The summed E-state index contributed by atoms with van der Waals surface area (Å²) in [6.45, 7) is 0. The van der Waals surface area contributed by atoms with E-state index >= 15 is 0 Å². The molecular weight excluding hydrogens is 645 g/mol. The molecule has 11 rings (SSSR count). The van der Waals surface area contributed by atoms with Crippen molar-refractivity contribution < 1.29 is 4.42 Å². The molecule has 0 fully saturated rings. The van der Waals surface area contributed by atoms with Crippen LogP contribution in [-0.4, -0.2) is 4.57 Å². The second kappa shape index (κ2) is 11.7. The van der Waals surface area contributed by atoms with Crippen molar-refractivity contribution in [3.05, 3.63) is 194 Å². The molecule has 2 aromatic heterocycles. The lowest BCUT2D eigenvalue weighted by Crippen LogP contribution is -2.12. The van der Waals surface area contributed by atoms with Crippen LogP contribution < -0.4 is 4.90 Å². The Labute approximate surface area is 306 Å². The van der Waals surface area contributed by atoms with Gasteiger partial charge in [0.05, 0.1) is 22.4 Å². The second-order valence-electron chi connectivity index (χ2n) is 13.7. The molecule has 11 aromatic rings. The quantitative estimate of drug-likeness (QED) is 0.181. The van der Waals surface area contributed by atoms with Gasteiger partial charge in [-0.25, -0.2) is 0 Å². The lowest BCUT2D eigenvalue weighted by molar-refractivity contribution is 0.669. The predicted octanol–water partition coefficient (Wildman–Crippen LogP) is 14.1. The number of fused-ring (bicyclic) bond motifs is 8. The van der Waals surface area contributed by atoms with E-state index in [0.29, 0.717) is 0 Å². The van der Waals surface area contributed by atoms with Crippen LogP contribution in [0, 0.1) is 0 Å². The number of hydrogen-bond acceptors (Lipinski definition) is 2. The Morgan fingerprint density at radius 2 is 0.962 bits per heavy atom. The molecule has 3 heteroatoms. The first-order valence-corrected chi connectivity index (χ1v) is 18.1. The molecular formula is C50H32N2O. The minimum Gasteiger partial charge on any atom is -0.456 e. The van der Waals surface area contributed by atoms with Crippen molar-refractivity contribution in [2.75, 3.05) is 4.90 Å². The van der Waals surface area contributed by atoms with E-state index in [9.17, 15) is 0 Å². The Hall–Kier alpha value is -7.10. The van der Waals surface area contributed by atoms with E-state index in [0.717, 1.165) is 55.8 Å². The molecule has 53 heavy (non-hydrogen) atoms. The van der Waals surface area contributed by atoms with Gasteiger partial charge in [-0.05, 0) is 94.5 Å². The summed E-state index contributed by atoms with van der Waals surface area (Å²) in [7, 11) is 0. The van der Waals surface area contributed by atoms with Gasteiger partial charge in [-0.2, -0.15) is 0 Å². The minimum absolute atomic E-state index is 0.892. The third-order valence-electron chi connectivity index (χ3n) is 10.7. The van der Waals surface area contributed by atoms with Crippen molar-refractivity contribution in [3.63, 3.8) is 0 Å². The summed E-state index contributed by atoms with van der Waals surface area (Å²) in [5.74, 6) is 0. The molecule has 0 aliphatic carbocycles. The van der Waals surface area contributed by atoms with Crippen LogP contribution in [0.2, 0.25) is 0 Å². The van der Waals surface area contributed by atoms with Crippen LogP contribution in [0.25, 0.3) is 82.1 Å². The first-order chi connectivity index (χ1) is 26.3. The topological polar surface area (TPSA) is 21.3 Å². The smallest absolute Gasteiger partial charge is 0.136 e. The fourth-order valence-electron chi connectivity index (χ4n) is 8.31. The van der Waals surface area contributed by atoms with Crippen LogP contribution in [0.4, 0.5) is 17.1 Å².